The number of alkyl carbamates (subject to hydrolysis) is 1. The van der Waals surface area contributed by atoms with Crippen LogP contribution in [0, 0.1) is 0 Å². The maximum atomic E-state index is 11.3. The van der Waals surface area contributed by atoms with Crippen LogP contribution in [0.2, 0.25) is 0 Å². The van der Waals surface area contributed by atoms with Crippen molar-refractivity contribution in [2.45, 2.75) is 26.7 Å². The highest BCUT2D eigenvalue weighted by Crippen LogP contribution is 1.97. The molecule has 0 spiro atoms. The molecule has 0 aromatic rings. The number of methoxy groups -OCH3 is 1. The fraction of sp³-hybridized carbons (Fsp3) is 0.600. The predicted molar refractivity (Wildman–Crippen MR) is 55.2 cm³/mol. The summed E-state index contributed by atoms with van der Waals surface area (Å²) in [6.45, 7) is 3.99. The molecule has 1 amide bonds. The van der Waals surface area contributed by atoms with Crippen LogP contribution in [0.15, 0.2) is 11.8 Å². The van der Waals surface area contributed by atoms with Gasteiger partial charge in [-0.15, -0.1) is 0 Å². The van der Waals surface area contributed by atoms with Crippen molar-refractivity contribution in [3.05, 3.63) is 11.8 Å². The monoisotopic (exact) mass is 215 g/mol. The second-order valence-electron chi connectivity index (χ2n) is 2.81. The summed E-state index contributed by atoms with van der Waals surface area (Å²) in [5, 5.41) is 2.27. The SMILES string of the molecule is C/C=C(\NC(=O)OC)C(=O)OCCCC. The van der Waals surface area contributed by atoms with Crippen LogP contribution in [0.25, 0.3) is 0 Å². The van der Waals surface area contributed by atoms with Gasteiger partial charge < -0.3 is 9.47 Å². The van der Waals surface area contributed by atoms with E-state index in [1.165, 1.54) is 13.2 Å². The van der Waals surface area contributed by atoms with Gasteiger partial charge in [0.25, 0.3) is 0 Å². The van der Waals surface area contributed by atoms with Crippen LogP contribution >= 0.6 is 0 Å². The normalized spacial score (nSPS) is 10.7. The van der Waals surface area contributed by atoms with Crippen LogP contribution in [-0.2, 0) is 14.3 Å². The highest BCUT2D eigenvalue weighted by atomic mass is 16.5. The minimum absolute atomic E-state index is 0.0953. The molecule has 0 heterocycles. The summed E-state index contributed by atoms with van der Waals surface area (Å²) in [7, 11) is 1.23. The molecule has 0 aliphatic carbocycles. The number of carbonyl (C=O) groups is 2. The molecule has 0 aromatic heterocycles. The van der Waals surface area contributed by atoms with Gasteiger partial charge in [-0.25, -0.2) is 9.59 Å². The van der Waals surface area contributed by atoms with Gasteiger partial charge in [0.15, 0.2) is 0 Å². The number of allylic oxidation sites excluding steroid dienone is 1. The van der Waals surface area contributed by atoms with E-state index in [0.717, 1.165) is 12.8 Å². The zero-order valence-corrected chi connectivity index (χ0v) is 9.33. The van der Waals surface area contributed by atoms with Crippen molar-refractivity contribution in [1.29, 1.82) is 0 Å². The van der Waals surface area contributed by atoms with Crippen molar-refractivity contribution in [2.75, 3.05) is 13.7 Å². The van der Waals surface area contributed by atoms with Crippen molar-refractivity contribution in [2.24, 2.45) is 0 Å². The van der Waals surface area contributed by atoms with Crippen LogP contribution in [0.4, 0.5) is 4.79 Å². The summed E-state index contributed by atoms with van der Waals surface area (Å²) in [5.74, 6) is -0.545. The van der Waals surface area contributed by atoms with Crippen molar-refractivity contribution in [3.63, 3.8) is 0 Å². The van der Waals surface area contributed by atoms with E-state index in [1.807, 2.05) is 6.92 Å². The van der Waals surface area contributed by atoms with Gasteiger partial charge >= 0.3 is 12.1 Å². The first-order valence-corrected chi connectivity index (χ1v) is 4.84. The average molecular weight is 215 g/mol. The smallest absolute Gasteiger partial charge is 0.411 e. The number of hydrogen-bond acceptors (Lipinski definition) is 4. The number of unbranched alkanes of at least 4 members (excludes halogenated alkanes) is 1. The molecule has 86 valence electrons. The largest absolute Gasteiger partial charge is 0.461 e. The number of amides is 1. The zero-order valence-electron chi connectivity index (χ0n) is 9.33. The highest BCUT2D eigenvalue weighted by Gasteiger charge is 2.12. The van der Waals surface area contributed by atoms with Crippen molar-refractivity contribution in [3.8, 4) is 0 Å². The number of rotatable bonds is 5. The molecule has 0 atom stereocenters. The van der Waals surface area contributed by atoms with E-state index in [0.29, 0.717) is 6.61 Å². The van der Waals surface area contributed by atoms with Gasteiger partial charge in [-0.3, -0.25) is 5.32 Å². The van der Waals surface area contributed by atoms with Gasteiger partial charge in [0.1, 0.15) is 5.70 Å². The van der Waals surface area contributed by atoms with E-state index in [9.17, 15) is 9.59 Å². The Labute approximate surface area is 89.4 Å². The van der Waals surface area contributed by atoms with E-state index in [-0.39, 0.29) is 5.70 Å². The minimum atomic E-state index is -0.685. The van der Waals surface area contributed by atoms with Crippen LogP contribution in [0.3, 0.4) is 0 Å². The Morgan fingerprint density at radius 3 is 2.53 bits per heavy atom. The van der Waals surface area contributed by atoms with E-state index in [4.69, 9.17) is 4.74 Å². The summed E-state index contributed by atoms with van der Waals surface area (Å²) in [4.78, 5) is 22.2. The van der Waals surface area contributed by atoms with E-state index in [2.05, 4.69) is 10.1 Å². The van der Waals surface area contributed by atoms with Gasteiger partial charge in [0.2, 0.25) is 0 Å². The van der Waals surface area contributed by atoms with Gasteiger partial charge in [0.05, 0.1) is 13.7 Å². The minimum Gasteiger partial charge on any atom is -0.461 e. The third-order valence-corrected chi connectivity index (χ3v) is 1.66. The van der Waals surface area contributed by atoms with Crippen LogP contribution in [0.5, 0.6) is 0 Å². The molecule has 0 aromatic carbocycles. The molecule has 0 aliphatic rings. The summed E-state index contributed by atoms with van der Waals surface area (Å²) >= 11 is 0. The fourth-order valence-corrected chi connectivity index (χ4v) is 0.789. The maximum absolute atomic E-state index is 11.3. The highest BCUT2D eigenvalue weighted by molar-refractivity contribution is 5.92. The molecular weight excluding hydrogens is 198 g/mol. The summed E-state index contributed by atoms with van der Waals surface area (Å²) < 4.78 is 9.26. The molecular formula is C10H17NO4. The number of carbonyl (C=O) groups excluding carboxylic acids is 2. The lowest BCUT2D eigenvalue weighted by atomic mass is 10.3. The topological polar surface area (TPSA) is 64.6 Å². The second kappa shape index (κ2) is 7.84. The maximum Gasteiger partial charge on any atom is 0.411 e. The summed E-state index contributed by atoms with van der Waals surface area (Å²) in [6.07, 6.45) is 2.53. The van der Waals surface area contributed by atoms with Gasteiger partial charge in [-0.05, 0) is 13.3 Å². The first-order chi connectivity index (χ1) is 7.15. The van der Waals surface area contributed by atoms with Gasteiger partial charge in [-0.1, -0.05) is 19.4 Å². The Kier molecular flexibility index (Phi) is 7.05. The average Bonchev–Trinajstić information content (AvgIpc) is 2.25. The van der Waals surface area contributed by atoms with E-state index in [1.54, 1.807) is 6.92 Å². The second-order valence-corrected chi connectivity index (χ2v) is 2.81. The molecule has 5 heteroatoms. The van der Waals surface area contributed by atoms with E-state index >= 15 is 0 Å². The van der Waals surface area contributed by atoms with Gasteiger partial charge in [-0.2, -0.15) is 0 Å². The fourth-order valence-electron chi connectivity index (χ4n) is 0.789. The summed E-state index contributed by atoms with van der Waals surface area (Å²) in [5.41, 5.74) is 0.0953. The standard InChI is InChI=1S/C10H17NO4/c1-4-6-7-15-9(12)8(5-2)11-10(13)14-3/h5H,4,6-7H2,1-3H3,(H,11,13)/b8-5-. The Morgan fingerprint density at radius 2 is 2.07 bits per heavy atom. The number of ether oxygens (including phenoxy) is 2. The molecule has 0 radical (unpaired) electrons. The van der Waals surface area contributed by atoms with E-state index < -0.39 is 12.1 Å². The van der Waals surface area contributed by atoms with Crippen LogP contribution < -0.4 is 5.32 Å². The van der Waals surface area contributed by atoms with Crippen molar-refractivity contribution < 1.29 is 19.1 Å². The van der Waals surface area contributed by atoms with Gasteiger partial charge in [0, 0.05) is 0 Å². The summed E-state index contributed by atoms with van der Waals surface area (Å²) in [6, 6.07) is 0. The molecule has 0 saturated heterocycles. The van der Waals surface area contributed by atoms with Crippen molar-refractivity contribution in [1.82, 2.24) is 5.32 Å². The Hall–Kier alpha value is -1.52. The van der Waals surface area contributed by atoms with Crippen LogP contribution in [-0.4, -0.2) is 25.8 Å². The lowest BCUT2D eigenvalue weighted by Gasteiger charge is -2.08. The first-order valence-electron chi connectivity index (χ1n) is 4.84. The molecule has 0 aliphatic heterocycles. The lowest BCUT2D eigenvalue weighted by Crippen LogP contribution is -2.28. The third-order valence-electron chi connectivity index (χ3n) is 1.66. The third kappa shape index (κ3) is 5.72. The number of hydrogen-bond donors (Lipinski definition) is 1. The molecule has 1 N–H and O–H groups in total. The lowest BCUT2D eigenvalue weighted by molar-refractivity contribution is -0.139. The molecule has 0 unspecified atom stereocenters. The molecule has 0 bridgehead atoms. The predicted octanol–water partition coefficient (Wildman–Crippen LogP) is 1.59. The quantitative estimate of drug-likeness (QED) is 0.429. The molecule has 0 fully saturated rings. The number of esters is 1. The first kappa shape index (κ1) is 13.5. The molecule has 5 nitrogen and oxygen atoms in total. The van der Waals surface area contributed by atoms with Crippen LogP contribution in [0.1, 0.15) is 26.7 Å². The Morgan fingerprint density at radius 1 is 1.40 bits per heavy atom. The van der Waals surface area contributed by atoms with Crippen molar-refractivity contribution >= 4 is 12.1 Å². The molecule has 0 saturated carbocycles. The molecule has 0 rings (SSSR count). The molecule has 15 heavy (non-hydrogen) atoms. The Bertz CT molecular complexity index is 248. The zero-order chi connectivity index (χ0) is 11.7. The Balaban J connectivity index is 4.06. The number of nitrogens with one attached hydrogen (secondary N) is 1.